The van der Waals surface area contributed by atoms with Crippen LogP contribution in [0, 0.1) is 12.8 Å². The lowest BCUT2D eigenvalue weighted by molar-refractivity contribution is -0.137. The molecule has 0 unspecified atom stereocenters. The summed E-state index contributed by atoms with van der Waals surface area (Å²) in [4.78, 5) is 23.6. The highest BCUT2D eigenvalue weighted by Gasteiger charge is 2.31. The van der Waals surface area contributed by atoms with Gasteiger partial charge in [-0.25, -0.2) is 4.98 Å². The number of nitrogens with one attached hydrogen (secondary N) is 1. The van der Waals surface area contributed by atoms with Crippen LogP contribution in [-0.4, -0.2) is 34.3 Å². The minimum atomic E-state index is -4.52. The van der Waals surface area contributed by atoms with Crippen LogP contribution < -0.4 is 10.3 Å². The summed E-state index contributed by atoms with van der Waals surface area (Å²) in [6, 6.07) is 5.14. The van der Waals surface area contributed by atoms with Gasteiger partial charge in [0.25, 0.3) is 5.56 Å². The highest BCUT2D eigenvalue weighted by molar-refractivity contribution is 5.83. The van der Waals surface area contributed by atoms with Crippen molar-refractivity contribution in [1.82, 2.24) is 15.0 Å². The van der Waals surface area contributed by atoms with E-state index < -0.39 is 17.3 Å². The third-order valence-electron chi connectivity index (χ3n) is 5.56. The van der Waals surface area contributed by atoms with E-state index in [9.17, 15) is 18.0 Å². The Morgan fingerprint density at radius 3 is 2.68 bits per heavy atom. The molecule has 0 saturated carbocycles. The van der Waals surface area contributed by atoms with Crippen LogP contribution in [0.25, 0.3) is 22.4 Å². The second-order valence-electron chi connectivity index (χ2n) is 7.75. The Hall–Kier alpha value is -2.94. The number of halogens is 3. The van der Waals surface area contributed by atoms with E-state index in [1.165, 1.54) is 0 Å². The molecule has 1 aromatic carbocycles. The minimum Gasteiger partial charge on any atom is -0.490 e. The van der Waals surface area contributed by atoms with E-state index in [1.807, 2.05) is 6.92 Å². The molecule has 6 nitrogen and oxygen atoms in total. The van der Waals surface area contributed by atoms with Gasteiger partial charge in [-0.15, -0.1) is 0 Å². The summed E-state index contributed by atoms with van der Waals surface area (Å²) in [5, 5.41) is 0.310. The van der Waals surface area contributed by atoms with Crippen LogP contribution in [0.1, 0.15) is 30.9 Å². The number of alkyl halides is 3. The third-order valence-corrected chi connectivity index (χ3v) is 5.56. The molecule has 1 saturated heterocycles. The summed E-state index contributed by atoms with van der Waals surface area (Å²) in [6.45, 7) is 5.21. The van der Waals surface area contributed by atoms with Crippen LogP contribution in [-0.2, 0) is 10.9 Å². The fourth-order valence-electron chi connectivity index (χ4n) is 3.80. The lowest BCUT2D eigenvalue weighted by Gasteiger charge is -2.28. The quantitative estimate of drug-likeness (QED) is 0.655. The van der Waals surface area contributed by atoms with E-state index in [0.29, 0.717) is 41.3 Å². The number of fused-ring (bicyclic) bond motifs is 1. The number of ether oxygens (including phenoxy) is 2. The van der Waals surface area contributed by atoms with Crippen molar-refractivity contribution in [2.45, 2.75) is 39.0 Å². The van der Waals surface area contributed by atoms with Crippen molar-refractivity contribution in [2.75, 3.05) is 13.2 Å². The van der Waals surface area contributed by atoms with Crippen molar-refractivity contribution in [2.24, 2.45) is 5.92 Å². The number of rotatable bonds is 4. The number of aromatic amines is 1. The van der Waals surface area contributed by atoms with E-state index >= 15 is 0 Å². The molecule has 0 spiro atoms. The van der Waals surface area contributed by atoms with E-state index in [4.69, 9.17) is 9.47 Å². The number of pyridine rings is 1. The van der Waals surface area contributed by atoms with Crippen molar-refractivity contribution < 1.29 is 22.6 Å². The van der Waals surface area contributed by atoms with Gasteiger partial charge in [0.15, 0.2) is 5.82 Å². The molecule has 1 N–H and O–H groups in total. The Labute approximate surface area is 176 Å². The first-order chi connectivity index (χ1) is 14.7. The molecule has 1 aliphatic rings. The first-order valence-corrected chi connectivity index (χ1v) is 10.0. The standard InChI is InChI=1S/C22H22F3N3O3/c1-12-9-16(31-13(2)14-4-7-30-8-5-14)11-17-19(12)27-20(28-21(17)29)18-10-15(3-6-26-18)22(23,24)25/h3,6,9-11,13-14H,4-5,7-8H2,1-2H3,(H,27,28,29)/t13-/m1/s1. The molecule has 0 radical (unpaired) electrons. The average Bonchev–Trinajstić information content (AvgIpc) is 2.74. The molecule has 3 aromatic rings. The van der Waals surface area contributed by atoms with Gasteiger partial charge in [0.05, 0.1) is 22.6 Å². The van der Waals surface area contributed by atoms with Gasteiger partial charge in [0, 0.05) is 19.4 Å². The van der Waals surface area contributed by atoms with Crippen LogP contribution in [0.5, 0.6) is 5.75 Å². The van der Waals surface area contributed by atoms with E-state index in [-0.39, 0.29) is 17.6 Å². The maximum atomic E-state index is 13.0. The summed E-state index contributed by atoms with van der Waals surface area (Å²) in [7, 11) is 0. The molecule has 2 aromatic heterocycles. The largest absolute Gasteiger partial charge is 0.490 e. The number of hydrogen-bond acceptors (Lipinski definition) is 5. The highest BCUT2D eigenvalue weighted by atomic mass is 19.4. The summed E-state index contributed by atoms with van der Waals surface area (Å²) in [5.74, 6) is 0.910. The summed E-state index contributed by atoms with van der Waals surface area (Å²) >= 11 is 0. The Bertz CT molecular complexity index is 1150. The number of H-pyrrole nitrogens is 1. The Morgan fingerprint density at radius 1 is 1.23 bits per heavy atom. The first-order valence-electron chi connectivity index (χ1n) is 10.0. The second kappa shape index (κ2) is 8.30. The van der Waals surface area contributed by atoms with Crippen LogP contribution >= 0.6 is 0 Å². The lowest BCUT2D eigenvalue weighted by Crippen LogP contribution is -2.29. The molecular weight excluding hydrogens is 411 g/mol. The molecule has 0 bridgehead atoms. The third kappa shape index (κ3) is 4.56. The van der Waals surface area contributed by atoms with Gasteiger partial charge in [0.1, 0.15) is 11.4 Å². The zero-order valence-corrected chi connectivity index (χ0v) is 17.1. The van der Waals surface area contributed by atoms with Crippen LogP contribution in [0.4, 0.5) is 13.2 Å². The zero-order chi connectivity index (χ0) is 22.2. The van der Waals surface area contributed by atoms with E-state index in [1.54, 1.807) is 19.1 Å². The van der Waals surface area contributed by atoms with Gasteiger partial charge in [-0.2, -0.15) is 13.2 Å². The molecule has 1 fully saturated rings. The number of benzene rings is 1. The molecule has 1 aliphatic heterocycles. The minimum absolute atomic E-state index is 0.0176. The summed E-state index contributed by atoms with van der Waals surface area (Å²) in [6.07, 6.45) is -1.67. The highest BCUT2D eigenvalue weighted by Crippen LogP contribution is 2.31. The van der Waals surface area contributed by atoms with Crippen LogP contribution in [0.15, 0.2) is 35.3 Å². The normalized spacial score (nSPS) is 16.4. The maximum absolute atomic E-state index is 13.0. The topological polar surface area (TPSA) is 77.1 Å². The van der Waals surface area contributed by atoms with Crippen LogP contribution in [0.3, 0.4) is 0 Å². The summed E-state index contributed by atoms with van der Waals surface area (Å²) < 4.78 is 50.5. The number of aryl methyl sites for hydroxylation is 1. The van der Waals surface area contributed by atoms with E-state index in [2.05, 4.69) is 15.0 Å². The number of hydrogen-bond donors (Lipinski definition) is 1. The molecular formula is C22H22F3N3O3. The molecule has 4 rings (SSSR count). The Balaban J connectivity index is 1.68. The smallest absolute Gasteiger partial charge is 0.416 e. The summed E-state index contributed by atoms with van der Waals surface area (Å²) in [5.41, 5.74) is -0.300. The molecule has 1 atom stereocenters. The predicted octanol–water partition coefficient (Wildman–Crippen LogP) is 4.51. The monoisotopic (exact) mass is 433 g/mol. The van der Waals surface area contributed by atoms with Crippen LogP contribution in [0.2, 0.25) is 0 Å². The first kappa shape index (κ1) is 21.3. The van der Waals surface area contributed by atoms with Gasteiger partial charge in [0.2, 0.25) is 0 Å². The lowest BCUT2D eigenvalue weighted by atomic mass is 9.95. The van der Waals surface area contributed by atoms with Gasteiger partial charge in [-0.1, -0.05) is 0 Å². The second-order valence-corrected chi connectivity index (χ2v) is 7.75. The fourth-order valence-corrected chi connectivity index (χ4v) is 3.80. The molecule has 0 aliphatic carbocycles. The van der Waals surface area contributed by atoms with Gasteiger partial charge in [-0.05, 0) is 62.4 Å². The van der Waals surface area contributed by atoms with Gasteiger partial charge in [-0.3, -0.25) is 9.78 Å². The molecule has 31 heavy (non-hydrogen) atoms. The zero-order valence-electron chi connectivity index (χ0n) is 17.1. The molecule has 3 heterocycles. The Morgan fingerprint density at radius 2 is 1.97 bits per heavy atom. The van der Waals surface area contributed by atoms with Crippen molar-refractivity contribution >= 4 is 10.9 Å². The molecule has 0 amide bonds. The van der Waals surface area contributed by atoms with Crippen molar-refractivity contribution in [3.05, 3.63) is 51.9 Å². The maximum Gasteiger partial charge on any atom is 0.416 e. The molecule has 9 heteroatoms. The average molecular weight is 433 g/mol. The predicted molar refractivity (Wildman–Crippen MR) is 109 cm³/mol. The number of aromatic nitrogens is 3. The number of nitrogens with zero attached hydrogens (tertiary/aromatic N) is 2. The SMILES string of the molecule is Cc1cc(O[C@H](C)C2CCOCC2)cc2c(=O)[nH]c(-c3cc(C(F)(F)F)ccn3)nc12. The van der Waals surface area contributed by atoms with Gasteiger partial charge >= 0.3 is 6.18 Å². The van der Waals surface area contributed by atoms with E-state index in [0.717, 1.165) is 31.2 Å². The van der Waals surface area contributed by atoms with Gasteiger partial charge < -0.3 is 14.5 Å². The fraction of sp³-hybridized carbons (Fsp3) is 0.409. The van der Waals surface area contributed by atoms with Crippen molar-refractivity contribution in [3.8, 4) is 17.3 Å². The van der Waals surface area contributed by atoms with Crippen molar-refractivity contribution in [1.29, 1.82) is 0 Å². The van der Waals surface area contributed by atoms with Crippen molar-refractivity contribution in [3.63, 3.8) is 0 Å². The Kier molecular flexibility index (Phi) is 5.70. The molecule has 164 valence electrons.